The number of nitrogens with two attached hydrogens (primary N) is 1. The lowest BCUT2D eigenvalue weighted by molar-refractivity contribution is -0.122. The predicted octanol–water partition coefficient (Wildman–Crippen LogP) is 2.36. The van der Waals surface area contributed by atoms with E-state index in [9.17, 15) is 4.79 Å². The monoisotopic (exact) mass is 351 g/mol. The van der Waals surface area contributed by atoms with Crippen molar-refractivity contribution >= 4 is 30.1 Å². The van der Waals surface area contributed by atoms with Crippen LogP contribution in [0.4, 0.5) is 0 Å². The molecule has 0 aromatic heterocycles. The molecule has 1 aliphatic rings. The first-order valence-corrected chi connectivity index (χ1v) is 9.61. The highest BCUT2D eigenvalue weighted by Gasteiger charge is 2.26. The van der Waals surface area contributed by atoms with Crippen molar-refractivity contribution in [1.29, 1.82) is 0 Å². The molecule has 0 saturated carbocycles. The van der Waals surface area contributed by atoms with Gasteiger partial charge in [-0.25, -0.2) is 0 Å². The Labute approximate surface area is 146 Å². The van der Waals surface area contributed by atoms with Gasteiger partial charge in [-0.3, -0.25) is 9.69 Å². The minimum Gasteiger partial charge on any atom is -0.353 e. The maximum Gasteiger partial charge on any atom is 0.237 e. The molecule has 6 heteroatoms. The van der Waals surface area contributed by atoms with E-state index in [2.05, 4.69) is 31.0 Å². The summed E-state index contributed by atoms with van der Waals surface area (Å²) < 4.78 is 0. The first kappa shape index (κ1) is 22.0. The number of amides is 1. The smallest absolute Gasteiger partial charge is 0.237 e. The van der Waals surface area contributed by atoms with Crippen LogP contribution in [-0.2, 0) is 4.79 Å². The lowest BCUT2D eigenvalue weighted by Crippen LogP contribution is -2.52. The van der Waals surface area contributed by atoms with Crippen LogP contribution in [0.25, 0.3) is 0 Å². The highest BCUT2D eigenvalue weighted by atomic mass is 35.5. The number of rotatable bonds is 8. The second kappa shape index (κ2) is 11.5. The number of thioether (sulfide) groups is 1. The Bertz CT molecular complexity index is 310. The molecule has 1 amide bonds. The zero-order valence-corrected chi connectivity index (χ0v) is 16.1. The minimum atomic E-state index is -0.369. The van der Waals surface area contributed by atoms with Crippen molar-refractivity contribution in [3.63, 3.8) is 0 Å². The third kappa shape index (κ3) is 7.53. The van der Waals surface area contributed by atoms with Crippen molar-refractivity contribution < 1.29 is 4.79 Å². The van der Waals surface area contributed by atoms with Gasteiger partial charge in [-0.1, -0.05) is 20.8 Å². The Morgan fingerprint density at radius 1 is 1.36 bits per heavy atom. The highest BCUT2D eigenvalue weighted by molar-refractivity contribution is 7.98. The molecule has 1 rings (SSSR count). The van der Waals surface area contributed by atoms with Crippen molar-refractivity contribution in [2.24, 2.45) is 17.6 Å². The summed E-state index contributed by atoms with van der Waals surface area (Å²) in [6, 6.07) is 0.0563. The van der Waals surface area contributed by atoms with Gasteiger partial charge in [-0.05, 0) is 56.2 Å². The van der Waals surface area contributed by atoms with Crippen molar-refractivity contribution in [2.45, 2.75) is 52.1 Å². The van der Waals surface area contributed by atoms with E-state index in [4.69, 9.17) is 5.73 Å². The van der Waals surface area contributed by atoms with Crippen LogP contribution in [0.1, 0.15) is 40.0 Å². The maximum absolute atomic E-state index is 12.0. The third-order valence-corrected chi connectivity index (χ3v) is 5.16. The van der Waals surface area contributed by atoms with Gasteiger partial charge in [-0.2, -0.15) is 11.8 Å². The number of hydrogen-bond acceptors (Lipinski definition) is 4. The van der Waals surface area contributed by atoms with E-state index in [0.29, 0.717) is 12.0 Å². The zero-order chi connectivity index (χ0) is 15.8. The van der Waals surface area contributed by atoms with Crippen molar-refractivity contribution in [3.8, 4) is 0 Å². The molecule has 22 heavy (non-hydrogen) atoms. The molecule has 0 bridgehead atoms. The minimum absolute atomic E-state index is 0. The summed E-state index contributed by atoms with van der Waals surface area (Å²) in [4.78, 5) is 14.6. The number of halogens is 1. The summed E-state index contributed by atoms with van der Waals surface area (Å²) in [7, 11) is 0. The molecule has 1 fully saturated rings. The quantitative estimate of drug-likeness (QED) is 0.704. The maximum atomic E-state index is 12.0. The average molecular weight is 352 g/mol. The first-order chi connectivity index (χ1) is 9.95. The van der Waals surface area contributed by atoms with Gasteiger partial charge in [-0.15, -0.1) is 12.4 Å². The fourth-order valence-electron chi connectivity index (χ4n) is 2.86. The SMILES string of the molecule is CSCCC(N)C(=O)NCC(C(C)C)N1CCC(C)CC1.Cl. The van der Waals surface area contributed by atoms with E-state index < -0.39 is 0 Å². The molecule has 0 aromatic carbocycles. The fraction of sp³-hybridized carbons (Fsp3) is 0.938. The summed E-state index contributed by atoms with van der Waals surface area (Å²) in [5, 5.41) is 3.07. The first-order valence-electron chi connectivity index (χ1n) is 8.22. The lowest BCUT2D eigenvalue weighted by Gasteiger charge is -2.39. The van der Waals surface area contributed by atoms with Gasteiger partial charge >= 0.3 is 0 Å². The second-order valence-corrected chi connectivity index (χ2v) is 7.65. The van der Waals surface area contributed by atoms with Gasteiger partial charge in [0.15, 0.2) is 0 Å². The van der Waals surface area contributed by atoms with Gasteiger partial charge in [0, 0.05) is 12.6 Å². The summed E-state index contributed by atoms with van der Waals surface area (Å²) in [5.41, 5.74) is 5.92. The summed E-state index contributed by atoms with van der Waals surface area (Å²) in [6.07, 6.45) is 5.33. The predicted molar refractivity (Wildman–Crippen MR) is 99.8 cm³/mol. The molecule has 1 heterocycles. The Balaban J connectivity index is 0.00000441. The molecular weight excluding hydrogens is 318 g/mol. The van der Waals surface area contributed by atoms with Crippen LogP contribution in [0, 0.1) is 11.8 Å². The molecule has 0 spiro atoms. The summed E-state index contributed by atoms with van der Waals surface area (Å²) in [5.74, 6) is 2.32. The van der Waals surface area contributed by atoms with Crippen molar-refractivity contribution in [2.75, 3.05) is 31.6 Å². The second-order valence-electron chi connectivity index (χ2n) is 6.66. The normalized spacial score (nSPS) is 19.5. The number of carbonyl (C=O) groups excluding carboxylic acids is 1. The van der Waals surface area contributed by atoms with Gasteiger partial charge in [0.25, 0.3) is 0 Å². The number of nitrogens with one attached hydrogen (secondary N) is 1. The molecule has 0 aliphatic carbocycles. The van der Waals surface area contributed by atoms with Crippen LogP contribution >= 0.6 is 24.2 Å². The standard InChI is InChI=1S/C16H33N3OS.ClH/c1-12(2)15(19-8-5-13(3)6-9-19)11-18-16(20)14(17)7-10-21-4;/h12-15H,5-11,17H2,1-4H3,(H,18,20);1H. The number of hydrogen-bond donors (Lipinski definition) is 2. The number of carbonyl (C=O) groups is 1. The molecular formula is C16H34ClN3OS. The van der Waals surface area contributed by atoms with Crippen LogP contribution in [0.3, 0.4) is 0 Å². The number of likely N-dealkylation sites (tertiary alicyclic amines) is 1. The van der Waals surface area contributed by atoms with E-state index in [0.717, 1.165) is 37.7 Å². The van der Waals surface area contributed by atoms with Crippen LogP contribution in [0.15, 0.2) is 0 Å². The van der Waals surface area contributed by atoms with Crippen LogP contribution < -0.4 is 11.1 Å². The van der Waals surface area contributed by atoms with Gasteiger partial charge in [0.1, 0.15) is 0 Å². The van der Waals surface area contributed by atoms with Gasteiger partial charge in [0.05, 0.1) is 6.04 Å². The van der Waals surface area contributed by atoms with Crippen molar-refractivity contribution in [3.05, 3.63) is 0 Å². The fourth-order valence-corrected chi connectivity index (χ4v) is 3.35. The van der Waals surface area contributed by atoms with Crippen LogP contribution in [0.5, 0.6) is 0 Å². The van der Waals surface area contributed by atoms with E-state index in [1.54, 1.807) is 11.8 Å². The van der Waals surface area contributed by atoms with Gasteiger partial charge < -0.3 is 11.1 Å². The Morgan fingerprint density at radius 3 is 2.45 bits per heavy atom. The van der Waals surface area contributed by atoms with E-state index in [1.165, 1.54) is 12.8 Å². The number of nitrogens with zero attached hydrogens (tertiary/aromatic N) is 1. The Kier molecular flexibility index (Phi) is 11.6. The third-order valence-electron chi connectivity index (χ3n) is 4.51. The summed E-state index contributed by atoms with van der Waals surface area (Å²) in [6.45, 7) is 9.83. The molecule has 0 radical (unpaired) electrons. The lowest BCUT2D eigenvalue weighted by atomic mass is 9.94. The molecule has 2 atom stereocenters. The molecule has 1 saturated heterocycles. The number of piperidine rings is 1. The highest BCUT2D eigenvalue weighted by Crippen LogP contribution is 2.21. The molecule has 132 valence electrons. The average Bonchev–Trinajstić information content (AvgIpc) is 2.46. The summed E-state index contributed by atoms with van der Waals surface area (Å²) >= 11 is 1.73. The van der Waals surface area contributed by atoms with E-state index >= 15 is 0 Å². The van der Waals surface area contributed by atoms with E-state index in [-0.39, 0.29) is 24.4 Å². The van der Waals surface area contributed by atoms with E-state index in [1.807, 2.05) is 6.26 Å². The molecule has 1 aliphatic heterocycles. The zero-order valence-electron chi connectivity index (χ0n) is 14.5. The Morgan fingerprint density at radius 2 is 1.95 bits per heavy atom. The molecule has 0 aromatic rings. The largest absolute Gasteiger partial charge is 0.353 e. The van der Waals surface area contributed by atoms with Gasteiger partial charge in [0.2, 0.25) is 5.91 Å². The van der Waals surface area contributed by atoms with Crippen LogP contribution in [0.2, 0.25) is 0 Å². The molecule has 2 unspecified atom stereocenters. The van der Waals surface area contributed by atoms with Crippen molar-refractivity contribution in [1.82, 2.24) is 10.2 Å². The molecule has 3 N–H and O–H groups in total. The molecule has 4 nitrogen and oxygen atoms in total. The van der Waals surface area contributed by atoms with Crippen LogP contribution in [-0.4, -0.2) is 54.5 Å². The Hall–Kier alpha value is 0.0300. The topological polar surface area (TPSA) is 58.4 Å².